The van der Waals surface area contributed by atoms with Crippen LogP contribution in [0.4, 0.5) is 5.69 Å². The molecule has 0 spiro atoms. The van der Waals surface area contributed by atoms with Crippen LogP contribution in [0.1, 0.15) is 25.9 Å². The van der Waals surface area contributed by atoms with Crippen LogP contribution in [0.5, 0.6) is 5.75 Å². The van der Waals surface area contributed by atoms with E-state index in [9.17, 15) is 9.90 Å². The number of anilines is 1. The maximum Gasteiger partial charge on any atom is 0.286 e. The monoisotopic (exact) mass is 371 g/mol. The van der Waals surface area contributed by atoms with Crippen molar-refractivity contribution in [3.8, 4) is 5.75 Å². The number of hydrogen-bond acceptors (Lipinski definition) is 5. The fraction of sp³-hybridized carbons (Fsp3) is 0.0556. The third kappa shape index (κ3) is 4.43. The van der Waals surface area contributed by atoms with Gasteiger partial charge >= 0.3 is 0 Å². The minimum absolute atomic E-state index is 0.147. The van der Waals surface area contributed by atoms with Crippen LogP contribution < -0.4 is 5.32 Å². The molecule has 0 aliphatic carbocycles. The maximum atomic E-state index is 12.2. The molecule has 5 nitrogen and oxygen atoms in total. The van der Waals surface area contributed by atoms with Gasteiger partial charge in [-0.2, -0.15) is 0 Å². The number of nitrogens with zero attached hydrogens (tertiary/aromatic N) is 2. The Morgan fingerprint density at radius 1 is 1.16 bits per heavy atom. The first kappa shape index (κ1) is 17.1. The molecule has 3 rings (SSSR count). The summed E-state index contributed by atoms with van der Waals surface area (Å²) >= 11 is 7.34. The molecule has 1 aromatic heterocycles. The first-order chi connectivity index (χ1) is 12.0. The van der Waals surface area contributed by atoms with Crippen molar-refractivity contribution in [3.63, 3.8) is 0 Å². The molecule has 7 heteroatoms. The lowest BCUT2D eigenvalue weighted by Crippen LogP contribution is -2.11. The van der Waals surface area contributed by atoms with Crippen molar-refractivity contribution in [1.29, 1.82) is 0 Å². The third-order valence-electron chi connectivity index (χ3n) is 3.30. The van der Waals surface area contributed by atoms with Gasteiger partial charge < -0.3 is 10.4 Å². The average molecular weight is 372 g/mol. The number of halogens is 1. The average Bonchev–Trinajstić information content (AvgIpc) is 3.07. The van der Waals surface area contributed by atoms with Crippen LogP contribution in [-0.4, -0.2) is 21.2 Å². The van der Waals surface area contributed by atoms with Gasteiger partial charge in [0.25, 0.3) is 5.91 Å². The molecule has 0 aliphatic rings. The normalized spacial score (nSPS) is 11.4. The van der Waals surface area contributed by atoms with Crippen LogP contribution in [0.2, 0.25) is 0 Å². The SMILES string of the molecule is Cc1ccc(NC(=O)c2nnc(/C(Cl)=C/c3cccc(O)c3)s2)cc1. The number of carbonyl (C=O) groups is 1. The summed E-state index contributed by atoms with van der Waals surface area (Å²) in [7, 11) is 0. The lowest BCUT2D eigenvalue weighted by Gasteiger charge is -2.02. The lowest BCUT2D eigenvalue weighted by molar-refractivity contribution is 0.102. The Kier molecular flexibility index (Phi) is 5.11. The van der Waals surface area contributed by atoms with Crippen molar-refractivity contribution in [2.75, 3.05) is 5.32 Å². The minimum Gasteiger partial charge on any atom is -0.508 e. The molecule has 0 unspecified atom stereocenters. The van der Waals surface area contributed by atoms with Crippen molar-refractivity contribution < 1.29 is 9.90 Å². The quantitative estimate of drug-likeness (QED) is 0.705. The molecule has 0 saturated heterocycles. The minimum atomic E-state index is -0.338. The first-order valence-electron chi connectivity index (χ1n) is 7.39. The van der Waals surface area contributed by atoms with Gasteiger partial charge in [0.1, 0.15) is 5.75 Å². The number of phenolic OH excluding ortho intramolecular Hbond substituents is 1. The van der Waals surface area contributed by atoms with E-state index in [0.29, 0.717) is 15.7 Å². The molecule has 1 heterocycles. The van der Waals surface area contributed by atoms with Crippen molar-refractivity contribution in [1.82, 2.24) is 10.2 Å². The molecule has 1 amide bonds. The number of hydrogen-bond donors (Lipinski definition) is 2. The summed E-state index contributed by atoms with van der Waals surface area (Å²) in [5.74, 6) is -0.192. The highest BCUT2D eigenvalue weighted by Crippen LogP contribution is 2.26. The van der Waals surface area contributed by atoms with E-state index >= 15 is 0 Å². The van der Waals surface area contributed by atoms with E-state index in [0.717, 1.165) is 22.5 Å². The highest BCUT2D eigenvalue weighted by atomic mass is 35.5. The number of amides is 1. The third-order valence-corrected chi connectivity index (χ3v) is 4.65. The number of nitrogens with one attached hydrogen (secondary N) is 1. The number of aromatic nitrogens is 2. The molecular formula is C18H14ClN3O2S. The first-order valence-corrected chi connectivity index (χ1v) is 8.59. The van der Waals surface area contributed by atoms with Gasteiger partial charge in [-0.15, -0.1) is 10.2 Å². The van der Waals surface area contributed by atoms with E-state index in [1.807, 2.05) is 31.2 Å². The second kappa shape index (κ2) is 7.46. The number of carbonyl (C=O) groups excluding carboxylic acids is 1. The van der Waals surface area contributed by atoms with Crippen LogP contribution in [0.25, 0.3) is 11.1 Å². The fourth-order valence-electron chi connectivity index (χ4n) is 2.06. The Labute approximate surface area is 153 Å². The van der Waals surface area contributed by atoms with Crippen molar-refractivity contribution in [3.05, 3.63) is 69.7 Å². The summed E-state index contributed by atoms with van der Waals surface area (Å²) in [6, 6.07) is 14.1. The number of rotatable bonds is 4. The Balaban J connectivity index is 1.75. The summed E-state index contributed by atoms with van der Waals surface area (Å²) in [6.45, 7) is 1.98. The van der Waals surface area contributed by atoms with E-state index in [1.54, 1.807) is 30.3 Å². The molecule has 0 saturated carbocycles. The van der Waals surface area contributed by atoms with Crippen LogP contribution in [0, 0.1) is 6.92 Å². The number of benzene rings is 2. The van der Waals surface area contributed by atoms with E-state index in [2.05, 4.69) is 15.5 Å². The van der Waals surface area contributed by atoms with Crippen LogP contribution in [0.3, 0.4) is 0 Å². The smallest absolute Gasteiger partial charge is 0.286 e. The summed E-state index contributed by atoms with van der Waals surface area (Å²) in [5, 5.41) is 21.1. The molecule has 25 heavy (non-hydrogen) atoms. The van der Waals surface area contributed by atoms with Gasteiger partial charge in [0.15, 0.2) is 5.01 Å². The van der Waals surface area contributed by atoms with Gasteiger partial charge in [-0.3, -0.25) is 4.79 Å². The van der Waals surface area contributed by atoms with E-state index in [-0.39, 0.29) is 16.7 Å². The highest BCUT2D eigenvalue weighted by molar-refractivity contribution is 7.15. The van der Waals surface area contributed by atoms with E-state index < -0.39 is 0 Å². The van der Waals surface area contributed by atoms with Crippen LogP contribution in [-0.2, 0) is 0 Å². The van der Waals surface area contributed by atoms with Gasteiger partial charge in [0, 0.05) is 5.69 Å². The lowest BCUT2D eigenvalue weighted by atomic mass is 10.2. The Morgan fingerprint density at radius 3 is 2.60 bits per heavy atom. The summed E-state index contributed by atoms with van der Waals surface area (Å²) < 4.78 is 0. The van der Waals surface area contributed by atoms with E-state index in [1.165, 1.54) is 0 Å². The Hall–Kier alpha value is -2.70. The van der Waals surface area contributed by atoms with Gasteiger partial charge in [-0.05, 0) is 42.8 Å². The molecule has 126 valence electrons. The van der Waals surface area contributed by atoms with Gasteiger partial charge in [0.05, 0.1) is 5.03 Å². The van der Waals surface area contributed by atoms with Gasteiger partial charge in [0.2, 0.25) is 5.01 Å². The molecule has 0 fully saturated rings. The molecule has 0 bridgehead atoms. The largest absolute Gasteiger partial charge is 0.508 e. The van der Waals surface area contributed by atoms with Crippen molar-refractivity contribution in [2.24, 2.45) is 0 Å². The van der Waals surface area contributed by atoms with Crippen molar-refractivity contribution in [2.45, 2.75) is 6.92 Å². The van der Waals surface area contributed by atoms with Crippen LogP contribution >= 0.6 is 22.9 Å². The van der Waals surface area contributed by atoms with E-state index in [4.69, 9.17) is 11.6 Å². The number of aromatic hydroxyl groups is 1. The molecule has 2 N–H and O–H groups in total. The summed E-state index contributed by atoms with van der Waals surface area (Å²) in [4.78, 5) is 12.2. The van der Waals surface area contributed by atoms with Gasteiger partial charge in [-0.1, -0.05) is 52.8 Å². The highest BCUT2D eigenvalue weighted by Gasteiger charge is 2.14. The van der Waals surface area contributed by atoms with Crippen molar-refractivity contribution >= 4 is 45.6 Å². The second-order valence-corrected chi connectivity index (χ2v) is 6.70. The second-order valence-electron chi connectivity index (χ2n) is 5.32. The zero-order valence-electron chi connectivity index (χ0n) is 13.2. The van der Waals surface area contributed by atoms with Crippen LogP contribution in [0.15, 0.2) is 48.5 Å². The molecule has 0 aliphatic heterocycles. The zero-order chi connectivity index (χ0) is 17.8. The Bertz CT molecular complexity index is 936. The molecule has 0 atom stereocenters. The summed E-state index contributed by atoms with van der Waals surface area (Å²) in [5.41, 5.74) is 2.53. The Morgan fingerprint density at radius 2 is 1.88 bits per heavy atom. The predicted octanol–water partition coefficient (Wildman–Crippen LogP) is 4.54. The topological polar surface area (TPSA) is 75.1 Å². The molecule has 0 radical (unpaired) electrons. The number of phenols is 1. The standard InChI is InChI=1S/C18H14ClN3O2S/c1-11-5-7-13(8-6-11)20-16(24)18-22-21-17(25-18)15(19)10-12-3-2-4-14(23)9-12/h2-10,23H,1H3,(H,20,24)/b15-10-. The molecule has 3 aromatic rings. The molecule has 2 aromatic carbocycles. The fourth-order valence-corrected chi connectivity index (χ4v) is 2.98. The maximum absolute atomic E-state index is 12.2. The summed E-state index contributed by atoms with van der Waals surface area (Å²) in [6.07, 6.45) is 1.66. The predicted molar refractivity (Wildman–Crippen MR) is 101 cm³/mol. The van der Waals surface area contributed by atoms with Gasteiger partial charge in [-0.25, -0.2) is 0 Å². The zero-order valence-corrected chi connectivity index (χ0v) is 14.8. The number of aryl methyl sites for hydroxylation is 1. The molecular weight excluding hydrogens is 358 g/mol.